The molecule has 0 bridgehead atoms. The van der Waals surface area contributed by atoms with Crippen LogP contribution < -0.4 is 16.0 Å². The third-order valence-corrected chi connectivity index (χ3v) is 5.99. The molecule has 2 atom stereocenters. The first-order valence-electron chi connectivity index (χ1n) is 12.3. The molecule has 1 heterocycles. The number of hydrogen-bond acceptors (Lipinski definition) is 6. The average molecular weight is 495 g/mol. The van der Waals surface area contributed by atoms with E-state index >= 15 is 0 Å². The summed E-state index contributed by atoms with van der Waals surface area (Å²) in [4.78, 5) is 51.6. The highest BCUT2D eigenvalue weighted by atomic mass is 16.5. The quantitative estimate of drug-likeness (QED) is 0.327. The summed E-state index contributed by atoms with van der Waals surface area (Å²) in [7, 11) is 0. The number of rotatable bonds is 11. The summed E-state index contributed by atoms with van der Waals surface area (Å²) in [5.74, 6) is -1.41. The van der Waals surface area contributed by atoms with Crippen LogP contribution in [0.2, 0.25) is 0 Å². The Bertz CT molecular complexity index is 1060. The number of anilines is 1. The van der Waals surface area contributed by atoms with Crippen LogP contribution in [0, 0.1) is 0 Å². The molecule has 0 radical (unpaired) electrons. The zero-order valence-corrected chi connectivity index (χ0v) is 20.8. The van der Waals surface area contributed by atoms with Crippen molar-refractivity contribution in [2.45, 2.75) is 45.2 Å². The summed E-state index contributed by atoms with van der Waals surface area (Å²) in [5.41, 5.74) is 2.06. The van der Waals surface area contributed by atoms with Gasteiger partial charge in [0.1, 0.15) is 6.04 Å². The molecule has 1 aliphatic heterocycles. The third kappa shape index (κ3) is 7.56. The number of nitrogens with one attached hydrogen (secondary N) is 3. The second kappa shape index (κ2) is 13.3. The number of esters is 1. The number of unbranched alkanes of at least 4 members (excludes halogenated alkanes) is 1. The van der Waals surface area contributed by atoms with E-state index in [1.165, 1.54) is 4.90 Å². The van der Waals surface area contributed by atoms with Crippen LogP contribution in [0.25, 0.3) is 0 Å². The molecule has 3 rings (SSSR count). The number of nitrogens with zero attached hydrogens (tertiary/aromatic N) is 1. The SMILES string of the molecule is CCCCOC(=O)CC1C(=O)NCCN1C(=O)CNc1cccc(C(=O)NC(C)c2ccccc2)c1. The smallest absolute Gasteiger partial charge is 0.308 e. The third-order valence-electron chi connectivity index (χ3n) is 5.99. The van der Waals surface area contributed by atoms with Crippen LogP contribution in [-0.4, -0.2) is 60.9 Å². The molecule has 2 aromatic carbocycles. The van der Waals surface area contributed by atoms with Gasteiger partial charge < -0.3 is 25.6 Å². The molecule has 3 amide bonds. The Balaban J connectivity index is 1.57. The van der Waals surface area contributed by atoms with Crippen LogP contribution in [0.3, 0.4) is 0 Å². The zero-order chi connectivity index (χ0) is 25.9. The predicted molar refractivity (Wildman–Crippen MR) is 136 cm³/mol. The molecule has 3 N–H and O–H groups in total. The van der Waals surface area contributed by atoms with Crippen molar-refractivity contribution >= 4 is 29.4 Å². The molecule has 0 aromatic heterocycles. The number of carbonyl (C=O) groups excluding carboxylic acids is 4. The van der Waals surface area contributed by atoms with Crippen LogP contribution >= 0.6 is 0 Å². The van der Waals surface area contributed by atoms with Gasteiger partial charge in [-0.2, -0.15) is 0 Å². The van der Waals surface area contributed by atoms with Crippen molar-refractivity contribution in [3.8, 4) is 0 Å². The van der Waals surface area contributed by atoms with Crippen molar-refractivity contribution in [3.05, 3.63) is 65.7 Å². The molecule has 36 heavy (non-hydrogen) atoms. The van der Waals surface area contributed by atoms with Crippen molar-refractivity contribution in [3.63, 3.8) is 0 Å². The molecule has 2 unspecified atom stereocenters. The Labute approximate surface area is 211 Å². The number of benzene rings is 2. The van der Waals surface area contributed by atoms with Crippen LogP contribution in [0.15, 0.2) is 54.6 Å². The van der Waals surface area contributed by atoms with E-state index in [4.69, 9.17) is 4.74 Å². The number of ether oxygens (including phenoxy) is 1. The molecular formula is C27H34N4O5. The highest BCUT2D eigenvalue weighted by Crippen LogP contribution is 2.16. The molecular weight excluding hydrogens is 460 g/mol. The summed E-state index contributed by atoms with van der Waals surface area (Å²) >= 11 is 0. The lowest BCUT2D eigenvalue weighted by Gasteiger charge is -2.34. The topological polar surface area (TPSA) is 117 Å². The van der Waals surface area contributed by atoms with E-state index in [0.717, 1.165) is 18.4 Å². The van der Waals surface area contributed by atoms with Gasteiger partial charge in [-0.15, -0.1) is 0 Å². The van der Waals surface area contributed by atoms with Gasteiger partial charge in [-0.1, -0.05) is 49.7 Å². The molecule has 1 saturated heterocycles. The average Bonchev–Trinajstić information content (AvgIpc) is 2.89. The van der Waals surface area contributed by atoms with E-state index in [-0.39, 0.29) is 36.7 Å². The maximum Gasteiger partial charge on any atom is 0.308 e. The van der Waals surface area contributed by atoms with Gasteiger partial charge in [-0.05, 0) is 37.1 Å². The molecule has 0 spiro atoms. The summed E-state index contributed by atoms with van der Waals surface area (Å²) in [6, 6.07) is 15.5. The Morgan fingerprint density at radius 3 is 2.67 bits per heavy atom. The molecule has 9 heteroatoms. The standard InChI is InChI=1S/C27H34N4O5/c1-3-4-15-36-25(33)17-23-27(35)28-13-14-31(23)24(32)18-29-22-12-8-11-21(16-22)26(34)30-19(2)20-9-6-5-7-10-20/h5-12,16,19,23,29H,3-4,13-15,17-18H2,1-2H3,(H,28,35)(H,30,34). The lowest BCUT2D eigenvalue weighted by molar-refractivity contribution is -0.151. The molecule has 1 aliphatic rings. The van der Waals surface area contributed by atoms with E-state index in [2.05, 4.69) is 16.0 Å². The molecule has 192 valence electrons. The van der Waals surface area contributed by atoms with Crippen LogP contribution in [-0.2, 0) is 19.1 Å². The first-order valence-corrected chi connectivity index (χ1v) is 12.3. The fourth-order valence-corrected chi connectivity index (χ4v) is 3.92. The summed E-state index contributed by atoms with van der Waals surface area (Å²) in [6.45, 7) is 4.75. The monoisotopic (exact) mass is 494 g/mol. The summed E-state index contributed by atoms with van der Waals surface area (Å²) < 4.78 is 5.17. The highest BCUT2D eigenvalue weighted by Gasteiger charge is 2.35. The molecule has 0 saturated carbocycles. The molecule has 2 aromatic rings. The first-order chi connectivity index (χ1) is 17.4. The normalized spacial score (nSPS) is 16.0. The van der Waals surface area contributed by atoms with E-state index in [1.807, 2.05) is 44.2 Å². The van der Waals surface area contributed by atoms with Crippen LogP contribution in [0.5, 0.6) is 0 Å². The van der Waals surface area contributed by atoms with Crippen molar-refractivity contribution in [2.24, 2.45) is 0 Å². The number of amides is 3. The predicted octanol–water partition coefficient (Wildman–Crippen LogP) is 2.65. The molecule has 0 aliphatic carbocycles. The van der Waals surface area contributed by atoms with Gasteiger partial charge in [0.05, 0.1) is 25.6 Å². The minimum atomic E-state index is -0.904. The largest absolute Gasteiger partial charge is 0.466 e. The second-order valence-corrected chi connectivity index (χ2v) is 8.71. The van der Waals surface area contributed by atoms with Crippen molar-refractivity contribution < 1.29 is 23.9 Å². The van der Waals surface area contributed by atoms with Gasteiger partial charge in [0, 0.05) is 24.3 Å². The van der Waals surface area contributed by atoms with Gasteiger partial charge in [0.25, 0.3) is 5.91 Å². The summed E-state index contributed by atoms with van der Waals surface area (Å²) in [6.07, 6.45) is 1.45. The zero-order valence-electron chi connectivity index (χ0n) is 20.8. The first kappa shape index (κ1) is 26.7. The van der Waals surface area contributed by atoms with Crippen molar-refractivity contribution in [1.29, 1.82) is 0 Å². The van der Waals surface area contributed by atoms with Crippen LogP contribution in [0.1, 0.15) is 55.1 Å². The number of piperazine rings is 1. The Kier molecular flexibility index (Phi) is 9.85. The Hall–Kier alpha value is -3.88. The van der Waals surface area contributed by atoms with Gasteiger partial charge >= 0.3 is 5.97 Å². The lowest BCUT2D eigenvalue weighted by Crippen LogP contribution is -2.58. The van der Waals surface area contributed by atoms with Gasteiger partial charge in [0.15, 0.2) is 0 Å². The second-order valence-electron chi connectivity index (χ2n) is 8.71. The fourth-order valence-electron chi connectivity index (χ4n) is 3.92. The van der Waals surface area contributed by atoms with E-state index in [1.54, 1.807) is 24.3 Å². The maximum atomic E-state index is 12.9. The summed E-state index contributed by atoms with van der Waals surface area (Å²) in [5, 5.41) is 8.71. The highest BCUT2D eigenvalue weighted by molar-refractivity contribution is 5.96. The van der Waals surface area contributed by atoms with Gasteiger partial charge in [0.2, 0.25) is 11.8 Å². The number of hydrogen-bond donors (Lipinski definition) is 3. The Morgan fingerprint density at radius 1 is 1.14 bits per heavy atom. The molecule has 1 fully saturated rings. The molecule has 9 nitrogen and oxygen atoms in total. The minimum Gasteiger partial charge on any atom is -0.466 e. The Morgan fingerprint density at radius 2 is 1.92 bits per heavy atom. The van der Waals surface area contributed by atoms with Gasteiger partial charge in [-0.25, -0.2) is 0 Å². The van der Waals surface area contributed by atoms with Crippen molar-refractivity contribution in [1.82, 2.24) is 15.5 Å². The number of carbonyl (C=O) groups is 4. The fraction of sp³-hybridized carbons (Fsp3) is 0.407. The van der Waals surface area contributed by atoms with E-state index in [9.17, 15) is 19.2 Å². The van der Waals surface area contributed by atoms with Crippen LogP contribution in [0.4, 0.5) is 5.69 Å². The van der Waals surface area contributed by atoms with E-state index < -0.39 is 12.0 Å². The maximum absolute atomic E-state index is 12.9. The van der Waals surface area contributed by atoms with E-state index in [0.29, 0.717) is 30.9 Å². The van der Waals surface area contributed by atoms with Gasteiger partial charge in [-0.3, -0.25) is 19.2 Å². The lowest BCUT2D eigenvalue weighted by atomic mass is 10.1. The van der Waals surface area contributed by atoms with Crippen molar-refractivity contribution in [2.75, 3.05) is 31.6 Å². The minimum absolute atomic E-state index is 0.0832.